The van der Waals surface area contributed by atoms with Crippen molar-refractivity contribution < 1.29 is 12.8 Å². The first-order valence-corrected chi connectivity index (χ1v) is 11.0. The summed E-state index contributed by atoms with van der Waals surface area (Å²) in [7, 11) is -1.97. The second-order valence-corrected chi connectivity index (χ2v) is 8.95. The molecule has 0 radical (unpaired) electrons. The number of nitrogens with one attached hydrogen (secondary N) is 2. The standard InChI is InChI=1S/C23H22FN3O2S/c1-16-8-11-22(21(24)12-16)26-18-9-10-20-17(14-25-2)15-27(23(20)13-18)30(28,29)19-6-4-3-5-7-19/h3-13,15,25-26H,14H2,1-2H3. The zero-order valence-electron chi connectivity index (χ0n) is 16.7. The van der Waals surface area contributed by atoms with Crippen LogP contribution in [0.4, 0.5) is 15.8 Å². The van der Waals surface area contributed by atoms with Crippen molar-refractivity contribution in [3.05, 3.63) is 89.9 Å². The molecule has 30 heavy (non-hydrogen) atoms. The Morgan fingerprint density at radius 3 is 2.47 bits per heavy atom. The Bertz CT molecular complexity index is 1320. The average Bonchev–Trinajstić information content (AvgIpc) is 3.10. The van der Waals surface area contributed by atoms with Gasteiger partial charge in [0.1, 0.15) is 5.82 Å². The van der Waals surface area contributed by atoms with Crippen LogP contribution < -0.4 is 10.6 Å². The van der Waals surface area contributed by atoms with E-state index in [1.165, 1.54) is 10.0 Å². The SMILES string of the molecule is CNCc1cn(S(=O)(=O)c2ccccc2)c2cc(Nc3ccc(C)cc3F)ccc12. The molecule has 0 fully saturated rings. The van der Waals surface area contributed by atoms with Crippen LogP contribution in [0, 0.1) is 12.7 Å². The van der Waals surface area contributed by atoms with Crippen molar-refractivity contribution in [2.45, 2.75) is 18.4 Å². The highest BCUT2D eigenvalue weighted by Crippen LogP contribution is 2.30. The molecule has 0 spiro atoms. The maximum absolute atomic E-state index is 14.3. The number of halogens is 1. The second-order valence-electron chi connectivity index (χ2n) is 7.14. The Kier molecular flexibility index (Phi) is 5.32. The van der Waals surface area contributed by atoms with E-state index in [0.29, 0.717) is 23.4 Å². The second kappa shape index (κ2) is 7.93. The maximum atomic E-state index is 14.3. The van der Waals surface area contributed by atoms with Gasteiger partial charge in [0.15, 0.2) is 0 Å². The molecule has 0 aliphatic rings. The Hall–Kier alpha value is -3.16. The molecule has 7 heteroatoms. The van der Waals surface area contributed by atoms with Crippen LogP contribution in [-0.4, -0.2) is 19.4 Å². The van der Waals surface area contributed by atoms with Crippen molar-refractivity contribution in [1.82, 2.24) is 9.29 Å². The van der Waals surface area contributed by atoms with E-state index >= 15 is 0 Å². The lowest BCUT2D eigenvalue weighted by molar-refractivity contribution is 0.589. The van der Waals surface area contributed by atoms with Crippen LogP contribution in [0.1, 0.15) is 11.1 Å². The third-order valence-corrected chi connectivity index (χ3v) is 6.61. The van der Waals surface area contributed by atoms with Gasteiger partial charge in [0.25, 0.3) is 10.0 Å². The smallest absolute Gasteiger partial charge is 0.268 e. The average molecular weight is 424 g/mol. The van der Waals surface area contributed by atoms with Crippen molar-refractivity contribution in [1.29, 1.82) is 0 Å². The van der Waals surface area contributed by atoms with E-state index in [2.05, 4.69) is 10.6 Å². The fraction of sp³-hybridized carbons (Fsp3) is 0.130. The molecule has 0 unspecified atom stereocenters. The summed E-state index contributed by atoms with van der Waals surface area (Å²) in [6, 6.07) is 18.7. The summed E-state index contributed by atoms with van der Waals surface area (Å²) in [5.74, 6) is -0.363. The van der Waals surface area contributed by atoms with Gasteiger partial charge in [-0.1, -0.05) is 30.3 Å². The van der Waals surface area contributed by atoms with E-state index in [-0.39, 0.29) is 10.7 Å². The number of benzene rings is 3. The number of nitrogens with zero attached hydrogens (tertiary/aromatic N) is 1. The summed E-state index contributed by atoms with van der Waals surface area (Å²) < 4.78 is 42.1. The van der Waals surface area contributed by atoms with Gasteiger partial charge in [0.05, 0.1) is 16.1 Å². The fourth-order valence-corrected chi connectivity index (χ4v) is 4.86. The van der Waals surface area contributed by atoms with Crippen molar-refractivity contribution >= 4 is 32.3 Å². The summed E-state index contributed by atoms with van der Waals surface area (Å²) in [6.45, 7) is 2.34. The van der Waals surface area contributed by atoms with Gasteiger partial charge in [-0.15, -0.1) is 0 Å². The van der Waals surface area contributed by atoms with Gasteiger partial charge >= 0.3 is 0 Å². The van der Waals surface area contributed by atoms with Gasteiger partial charge in [-0.2, -0.15) is 0 Å². The van der Waals surface area contributed by atoms with E-state index in [4.69, 9.17) is 0 Å². The lowest BCUT2D eigenvalue weighted by atomic mass is 10.1. The highest BCUT2D eigenvalue weighted by Gasteiger charge is 2.21. The summed E-state index contributed by atoms with van der Waals surface area (Å²) in [6.07, 6.45) is 1.64. The minimum absolute atomic E-state index is 0.209. The van der Waals surface area contributed by atoms with E-state index in [9.17, 15) is 12.8 Å². The molecule has 2 N–H and O–H groups in total. The van der Waals surface area contributed by atoms with Gasteiger partial charge in [0.2, 0.25) is 0 Å². The van der Waals surface area contributed by atoms with E-state index in [1.54, 1.807) is 48.7 Å². The number of fused-ring (bicyclic) bond motifs is 1. The number of anilines is 2. The molecule has 3 aromatic carbocycles. The lowest BCUT2D eigenvalue weighted by Gasteiger charge is -2.11. The van der Waals surface area contributed by atoms with Crippen molar-refractivity contribution in [3.63, 3.8) is 0 Å². The third-order valence-electron chi connectivity index (χ3n) is 4.93. The van der Waals surface area contributed by atoms with Crippen molar-refractivity contribution in [2.75, 3.05) is 12.4 Å². The molecule has 1 aromatic heterocycles. The Labute approximate surface area is 175 Å². The molecule has 0 atom stereocenters. The molecule has 1 heterocycles. The predicted molar refractivity (Wildman–Crippen MR) is 118 cm³/mol. The molecule has 0 bridgehead atoms. The van der Waals surface area contributed by atoms with Crippen LogP contribution in [0.5, 0.6) is 0 Å². The van der Waals surface area contributed by atoms with Crippen molar-refractivity contribution in [2.24, 2.45) is 0 Å². The minimum atomic E-state index is -3.78. The molecule has 5 nitrogen and oxygen atoms in total. The van der Waals surface area contributed by atoms with E-state index < -0.39 is 10.0 Å². The largest absolute Gasteiger partial charge is 0.353 e. The number of aryl methyl sites for hydroxylation is 1. The van der Waals surface area contributed by atoms with Crippen LogP contribution >= 0.6 is 0 Å². The molecule has 0 saturated heterocycles. The lowest BCUT2D eigenvalue weighted by Crippen LogP contribution is -2.12. The quantitative estimate of drug-likeness (QED) is 0.468. The normalized spacial score (nSPS) is 11.7. The first-order chi connectivity index (χ1) is 14.4. The Balaban J connectivity index is 1.85. The molecular formula is C23H22FN3O2S. The molecular weight excluding hydrogens is 401 g/mol. The molecule has 0 amide bonds. The van der Waals surface area contributed by atoms with Crippen molar-refractivity contribution in [3.8, 4) is 0 Å². The molecule has 0 aliphatic carbocycles. The molecule has 154 valence electrons. The summed E-state index contributed by atoms with van der Waals surface area (Å²) in [5.41, 5.74) is 3.15. The van der Waals surface area contributed by atoms with Crippen LogP contribution in [0.15, 0.2) is 77.8 Å². The van der Waals surface area contributed by atoms with Gasteiger partial charge < -0.3 is 10.6 Å². The summed E-state index contributed by atoms with van der Waals surface area (Å²) in [5, 5.41) is 6.95. The third kappa shape index (κ3) is 3.69. The Morgan fingerprint density at radius 2 is 1.77 bits per heavy atom. The number of aromatic nitrogens is 1. The topological polar surface area (TPSA) is 63.1 Å². The van der Waals surface area contributed by atoms with E-state index in [1.807, 2.05) is 32.2 Å². The first-order valence-electron chi connectivity index (χ1n) is 9.52. The highest BCUT2D eigenvalue weighted by molar-refractivity contribution is 7.90. The van der Waals surface area contributed by atoms with Gasteiger partial charge in [0, 0.05) is 23.8 Å². The van der Waals surface area contributed by atoms with Gasteiger partial charge in [-0.05, 0) is 61.5 Å². The molecule has 0 aliphatic heterocycles. The van der Waals surface area contributed by atoms with Crippen LogP contribution in [0.3, 0.4) is 0 Å². The summed E-state index contributed by atoms with van der Waals surface area (Å²) >= 11 is 0. The Morgan fingerprint density at radius 1 is 1.00 bits per heavy atom. The zero-order valence-corrected chi connectivity index (χ0v) is 17.5. The number of hydrogen-bond donors (Lipinski definition) is 2. The summed E-state index contributed by atoms with van der Waals surface area (Å²) in [4.78, 5) is 0.209. The number of hydrogen-bond acceptors (Lipinski definition) is 4. The fourth-order valence-electron chi connectivity index (χ4n) is 3.46. The maximum Gasteiger partial charge on any atom is 0.268 e. The predicted octanol–water partition coefficient (Wildman–Crippen LogP) is 4.79. The van der Waals surface area contributed by atoms with E-state index in [0.717, 1.165) is 16.5 Å². The number of rotatable bonds is 6. The monoisotopic (exact) mass is 423 g/mol. The highest BCUT2D eigenvalue weighted by atomic mass is 32.2. The molecule has 0 saturated carbocycles. The zero-order chi connectivity index (χ0) is 21.3. The van der Waals surface area contributed by atoms with Gasteiger partial charge in [-0.25, -0.2) is 16.8 Å². The molecule has 4 aromatic rings. The molecule has 4 rings (SSSR count). The van der Waals surface area contributed by atoms with Crippen LogP contribution in [-0.2, 0) is 16.6 Å². The first kappa shape index (κ1) is 20.1. The van der Waals surface area contributed by atoms with Crippen LogP contribution in [0.25, 0.3) is 10.9 Å². The minimum Gasteiger partial charge on any atom is -0.353 e. The van der Waals surface area contributed by atoms with Crippen LogP contribution in [0.2, 0.25) is 0 Å². The van der Waals surface area contributed by atoms with Gasteiger partial charge in [-0.3, -0.25) is 0 Å².